The molecule has 30 heavy (non-hydrogen) atoms. The Bertz CT molecular complexity index is 759. The van der Waals surface area contributed by atoms with Gasteiger partial charge in [-0.1, -0.05) is 18.2 Å². The molecule has 1 aromatic heterocycles. The first-order chi connectivity index (χ1) is 14.3. The number of halogens is 1. The highest BCUT2D eigenvalue weighted by Gasteiger charge is 2.20. The van der Waals surface area contributed by atoms with E-state index in [9.17, 15) is 4.79 Å². The molecule has 0 saturated carbocycles. The Morgan fingerprint density at radius 3 is 2.53 bits per heavy atom. The van der Waals surface area contributed by atoms with Gasteiger partial charge in [-0.25, -0.2) is 4.99 Å². The van der Waals surface area contributed by atoms with Crippen molar-refractivity contribution in [3.63, 3.8) is 0 Å². The maximum atomic E-state index is 12.6. The zero-order chi connectivity index (χ0) is 20.3. The van der Waals surface area contributed by atoms with E-state index in [1.54, 1.807) is 6.20 Å². The van der Waals surface area contributed by atoms with Gasteiger partial charge >= 0.3 is 0 Å². The third-order valence-electron chi connectivity index (χ3n) is 4.89. The average Bonchev–Trinajstić information content (AvgIpc) is 3.29. The highest BCUT2D eigenvalue weighted by Crippen LogP contribution is 2.15. The first-order valence-corrected chi connectivity index (χ1v) is 10.3. The molecule has 9 heteroatoms. The fraction of sp³-hybridized carbons (Fsp3) is 0.476. The van der Waals surface area contributed by atoms with Gasteiger partial charge in [0.1, 0.15) is 6.54 Å². The molecule has 8 nitrogen and oxygen atoms in total. The molecule has 0 bridgehead atoms. The fourth-order valence-corrected chi connectivity index (χ4v) is 3.32. The average molecular weight is 525 g/mol. The predicted molar refractivity (Wildman–Crippen MR) is 131 cm³/mol. The van der Waals surface area contributed by atoms with Crippen LogP contribution in [0.15, 0.2) is 53.8 Å². The van der Waals surface area contributed by atoms with Crippen LogP contribution in [0.4, 0.5) is 5.69 Å². The molecule has 1 aromatic carbocycles. The summed E-state index contributed by atoms with van der Waals surface area (Å²) in [5, 5.41) is 10.7. The quantitative estimate of drug-likeness (QED) is 0.238. The van der Waals surface area contributed by atoms with Crippen molar-refractivity contribution >= 4 is 41.5 Å². The van der Waals surface area contributed by atoms with Crippen LogP contribution in [0.2, 0.25) is 0 Å². The Morgan fingerprint density at radius 2 is 1.87 bits per heavy atom. The molecule has 0 spiro atoms. The number of para-hydroxylation sites is 1. The Morgan fingerprint density at radius 1 is 1.10 bits per heavy atom. The summed E-state index contributed by atoms with van der Waals surface area (Å²) >= 11 is 0. The number of anilines is 1. The van der Waals surface area contributed by atoms with Crippen LogP contribution in [0, 0.1) is 0 Å². The third-order valence-corrected chi connectivity index (χ3v) is 4.89. The lowest BCUT2D eigenvalue weighted by atomic mass is 10.2. The molecule has 1 saturated heterocycles. The topological polar surface area (TPSA) is 77.8 Å². The van der Waals surface area contributed by atoms with E-state index in [1.165, 1.54) is 5.69 Å². The number of nitrogens with zero attached hydrogens (tertiary/aromatic N) is 5. The summed E-state index contributed by atoms with van der Waals surface area (Å²) in [5.41, 5.74) is 1.21. The minimum atomic E-state index is 0. The van der Waals surface area contributed by atoms with Gasteiger partial charge in [-0.3, -0.25) is 9.48 Å². The molecule has 164 valence electrons. The Hall–Kier alpha value is -2.30. The molecular formula is C21H32IN7O. The fourth-order valence-electron chi connectivity index (χ4n) is 3.32. The van der Waals surface area contributed by atoms with Crippen LogP contribution in [0.25, 0.3) is 0 Å². The smallest absolute Gasteiger partial charge is 0.244 e. The second-order valence-electron chi connectivity index (χ2n) is 6.95. The van der Waals surface area contributed by atoms with E-state index in [0.717, 1.165) is 52.2 Å². The maximum Gasteiger partial charge on any atom is 0.244 e. The summed E-state index contributed by atoms with van der Waals surface area (Å²) in [6, 6.07) is 12.3. The van der Waals surface area contributed by atoms with Crippen LogP contribution in [-0.2, 0) is 11.3 Å². The first kappa shape index (κ1) is 24.0. The summed E-state index contributed by atoms with van der Waals surface area (Å²) in [6.07, 6.45) is 4.67. The number of carbonyl (C=O) groups excluding carboxylic acids is 1. The van der Waals surface area contributed by atoms with E-state index >= 15 is 0 Å². The number of hydrogen-bond donors (Lipinski definition) is 2. The molecule has 0 radical (unpaired) electrons. The van der Waals surface area contributed by atoms with Gasteiger partial charge in [-0.15, -0.1) is 24.0 Å². The second-order valence-corrected chi connectivity index (χ2v) is 6.95. The van der Waals surface area contributed by atoms with Gasteiger partial charge in [-0.05, 0) is 31.5 Å². The van der Waals surface area contributed by atoms with Crippen LogP contribution in [0.1, 0.15) is 13.3 Å². The molecule has 3 rings (SSSR count). The van der Waals surface area contributed by atoms with Gasteiger partial charge in [0.25, 0.3) is 0 Å². The van der Waals surface area contributed by atoms with Crippen LogP contribution in [0.3, 0.4) is 0 Å². The van der Waals surface area contributed by atoms with Gasteiger partial charge < -0.3 is 20.4 Å². The molecule has 2 heterocycles. The lowest BCUT2D eigenvalue weighted by Crippen LogP contribution is -2.49. The summed E-state index contributed by atoms with van der Waals surface area (Å²) in [7, 11) is 0. The van der Waals surface area contributed by atoms with E-state index in [-0.39, 0.29) is 36.4 Å². The van der Waals surface area contributed by atoms with Crippen LogP contribution < -0.4 is 15.5 Å². The molecule has 2 N–H and O–H groups in total. The molecule has 0 atom stereocenters. The first-order valence-electron chi connectivity index (χ1n) is 10.3. The van der Waals surface area contributed by atoms with Crippen molar-refractivity contribution in [1.29, 1.82) is 0 Å². The molecule has 1 aliphatic rings. The second kappa shape index (κ2) is 13.1. The number of aliphatic imine (C=N–C) groups is 1. The van der Waals surface area contributed by atoms with E-state index in [2.05, 4.69) is 37.8 Å². The number of piperazine rings is 1. The number of aromatic nitrogens is 2. The number of aryl methyl sites for hydroxylation is 1. The van der Waals surface area contributed by atoms with Crippen molar-refractivity contribution in [1.82, 2.24) is 25.3 Å². The van der Waals surface area contributed by atoms with Crippen LogP contribution >= 0.6 is 24.0 Å². The van der Waals surface area contributed by atoms with Crippen LogP contribution in [0.5, 0.6) is 0 Å². The van der Waals surface area contributed by atoms with Crippen molar-refractivity contribution in [3.8, 4) is 0 Å². The van der Waals surface area contributed by atoms with E-state index in [0.29, 0.717) is 5.96 Å². The zero-order valence-corrected chi connectivity index (χ0v) is 19.9. The zero-order valence-electron chi connectivity index (χ0n) is 17.5. The summed E-state index contributed by atoms with van der Waals surface area (Å²) in [5.74, 6) is 0.760. The standard InChI is InChI=1S/C21H31N7O.HI/c1-2-22-21(23-10-6-12-28-13-7-11-25-28)24-18-20(29)27-16-14-26(15-17-27)19-8-4-3-5-9-19;/h3-5,7-9,11,13H,2,6,10,12,14-18H2,1H3,(H2,22,23,24);1H. The lowest BCUT2D eigenvalue weighted by molar-refractivity contribution is -0.129. The van der Waals surface area contributed by atoms with Crippen molar-refractivity contribution < 1.29 is 4.79 Å². The minimum Gasteiger partial charge on any atom is -0.368 e. The summed E-state index contributed by atoms with van der Waals surface area (Å²) in [4.78, 5) is 21.3. The van der Waals surface area contributed by atoms with Crippen LogP contribution in [-0.4, -0.2) is 72.4 Å². The SMILES string of the molecule is CCNC(=NCC(=O)N1CCN(c2ccccc2)CC1)NCCCn1cccn1.I. The monoisotopic (exact) mass is 525 g/mol. The molecule has 2 aromatic rings. The van der Waals surface area contributed by atoms with Crippen molar-refractivity contribution in [3.05, 3.63) is 48.8 Å². The number of nitrogens with one attached hydrogen (secondary N) is 2. The number of benzene rings is 1. The molecule has 0 aliphatic carbocycles. The highest BCUT2D eigenvalue weighted by atomic mass is 127. The maximum absolute atomic E-state index is 12.6. The number of carbonyl (C=O) groups is 1. The van der Waals surface area contributed by atoms with E-state index in [4.69, 9.17) is 0 Å². The van der Waals surface area contributed by atoms with Gasteiger partial charge in [0.05, 0.1) is 0 Å². The number of guanidine groups is 1. The van der Waals surface area contributed by atoms with Crippen molar-refractivity contribution in [2.45, 2.75) is 19.9 Å². The molecular weight excluding hydrogens is 493 g/mol. The van der Waals surface area contributed by atoms with Gasteiger partial charge in [0.2, 0.25) is 5.91 Å². The van der Waals surface area contributed by atoms with Crippen molar-refractivity contribution in [2.75, 3.05) is 50.7 Å². The number of hydrogen-bond acceptors (Lipinski definition) is 4. The Kier molecular flexibility index (Phi) is 10.5. The summed E-state index contributed by atoms with van der Waals surface area (Å²) < 4.78 is 1.91. The van der Waals surface area contributed by atoms with Gasteiger partial charge in [0.15, 0.2) is 5.96 Å². The van der Waals surface area contributed by atoms with E-state index in [1.807, 2.05) is 47.0 Å². The van der Waals surface area contributed by atoms with E-state index < -0.39 is 0 Å². The highest BCUT2D eigenvalue weighted by molar-refractivity contribution is 14.0. The number of amides is 1. The lowest BCUT2D eigenvalue weighted by Gasteiger charge is -2.36. The Balaban J connectivity index is 0.00000320. The Labute approximate surface area is 195 Å². The molecule has 1 fully saturated rings. The number of rotatable bonds is 8. The minimum absolute atomic E-state index is 0. The predicted octanol–water partition coefficient (Wildman–Crippen LogP) is 1.80. The van der Waals surface area contributed by atoms with Crippen molar-refractivity contribution in [2.24, 2.45) is 4.99 Å². The van der Waals surface area contributed by atoms with Gasteiger partial charge in [0, 0.05) is 63.9 Å². The molecule has 0 unspecified atom stereocenters. The normalized spacial score (nSPS) is 14.2. The third kappa shape index (κ3) is 7.51. The van der Waals surface area contributed by atoms with Gasteiger partial charge in [-0.2, -0.15) is 5.10 Å². The molecule has 1 aliphatic heterocycles. The summed E-state index contributed by atoms with van der Waals surface area (Å²) in [6.45, 7) is 7.74. The largest absolute Gasteiger partial charge is 0.368 e. The molecule has 1 amide bonds.